The Labute approximate surface area is 78.7 Å². The van der Waals surface area contributed by atoms with Gasteiger partial charge in [-0.25, -0.2) is 0 Å². The Morgan fingerprint density at radius 2 is 2.38 bits per heavy atom. The van der Waals surface area contributed by atoms with Crippen LogP contribution in [-0.2, 0) is 11.3 Å². The van der Waals surface area contributed by atoms with E-state index < -0.39 is 0 Å². The molecule has 0 amide bonds. The number of nitrogens with zero attached hydrogens (tertiary/aromatic N) is 2. The van der Waals surface area contributed by atoms with Crippen molar-refractivity contribution in [2.45, 2.75) is 32.5 Å². The van der Waals surface area contributed by atoms with Gasteiger partial charge in [0.05, 0.1) is 17.8 Å². The fourth-order valence-electron chi connectivity index (χ4n) is 1.28. The first-order chi connectivity index (χ1) is 6.20. The van der Waals surface area contributed by atoms with Gasteiger partial charge >= 0.3 is 0 Å². The molecule has 74 valence electrons. The van der Waals surface area contributed by atoms with Crippen LogP contribution in [0.4, 0.5) is 0 Å². The van der Waals surface area contributed by atoms with Crippen LogP contribution in [0.15, 0.2) is 12.3 Å². The van der Waals surface area contributed by atoms with E-state index in [-0.39, 0.29) is 12.1 Å². The topological polar surface area (TPSA) is 53.1 Å². The van der Waals surface area contributed by atoms with Crippen molar-refractivity contribution >= 4 is 0 Å². The van der Waals surface area contributed by atoms with Crippen LogP contribution in [0.1, 0.15) is 25.6 Å². The minimum absolute atomic E-state index is 0.0157. The van der Waals surface area contributed by atoms with Gasteiger partial charge in [0, 0.05) is 19.9 Å². The molecule has 13 heavy (non-hydrogen) atoms. The lowest BCUT2D eigenvalue weighted by Crippen LogP contribution is -2.27. The average molecular weight is 183 g/mol. The van der Waals surface area contributed by atoms with E-state index in [1.165, 1.54) is 0 Å². The number of hydrogen-bond donors (Lipinski definition) is 1. The smallest absolute Gasteiger partial charge is 0.0751 e. The van der Waals surface area contributed by atoms with Crippen LogP contribution in [0.25, 0.3) is 0 Å². The molecule has 1 rings (SSSR count). The van der Waals surface area contributed by atoms with E-state index in [0.717, 1.165) is 12.2 Å². The second kappa shape index (κ2) is 4.39. The number of aryl methyl sites for hydroxylation is 1. The van der Waals surface area contributed by atoms with E-state index in [9.17, 15) is 0 Å². The molecule has 0 aromatic carbocycles. The highest BCUT2D eigenvalue weighted by Gasteiger charge is 2.17. The van der Waals surface area contributed by atoms with Crippen LogP contribution in [0.3, 0.4) is 0 Å². The van der Waals surface area contributed by atoms with Gasteiger partial charge in [-0.05, 0) is 19.9 Å². The average Bonchev–Trinajstić information content (AvgIpc) is 2.62. The lowest BCUT2D eigenvalue weighted by molar-refractivity contribution is 0.0930. The van der Waals surface area contributed by atoms with Gasteiger partial charge in [0.15, 0.2) is 0 Å². The highest BCUT2D eigenvalue weighted by atomic mass is 16.5. The van der Waals surface area contributed by atoms with Gasteiger partial charge < -0.3 is 10.5 Å². The molecule has 0 aliphatic rings. The first-order valence-corrected chi connectivity index (χ1v) is 4.50. The fraction of sp³-hybridized carbons (Fsp3) is 0.667. The summed E-state index contributed by atoms with van der Waals surface area (Å²) < 4.78 is 7.06. The van der Waals surface area contributed by atoms with Crippen LogP contribution in [0, 0.1) is 0 Å². The summed E-state index contributed by atoms with van der Waals surface area (Å²) in [6.45, 7) is 4.84. The molecule has 2 N–H and O–H groups in total. The van der Waals surface area contributed by atoms with E-state index >= 15 is 0 Å². The number of aromatic nitrogens is 2. The van der Waals surface area contributed by atoms with Crippen LogP contribution in [0.2, 0.25) is 0 Å². The van der Waals surface area contributed by atoms with Crippen LogP contribution < -0.4 is 5.73 Å². The number of rotatable bonds is 4. The minimum Gasteiger partial charge on any atom is -0.380 e. The Kier molecular flexibility index (Phi) is 3.45. The molecule has 0 saturated carbocycles. The zero-order valence-electron chi connectivity index (χ0n) is 8.40. The number of ether oxygens (including phenoxy) is 1. The molecule has 4 nitrogen and oxygen atoms in total. The van der Waals surface area contributed by atoms with Crippen LogP contribution in [0.5, 0.6) is 0 Å². The van der Waals surface area contributed by atoms with E-state index in [4.69, 9.17) is 10.5 Å². The lowest BCUT2D eigenvalue weighted by atomic mass is 10.1. The monoisotopic (exact) mass is 183 g/mol. The van der Waals surface area contributed by atoms with E-state index in [1.54, 1.807) is 13.3 Å². The van der Waals surface area contributed by atoms with Gasteiger partial charge in [-0.1, -0.05) is 0 Å². The molecule has 2 unspecified atom stereocenters. The van der Waals surface area contributed by atoms with Gasteiger partial charge in [0.1, 0.15) is 0 Å². The van der Waals surface area contributed by atoms with Gasteiger partial charge in [0.2, 0.25) is 0 Å². The Hall–Kier alpha value is -0.870. The van der Waals surface area contributed by atoms with Gasteiger partial charge in [-0.15, -0.1) is 0 Å². The SMILES string of the molecule is CCn1nccc1C(N)C(C)OC. The minimum atomic E-state index is -0.104. The van der Waals surface area contributed by atoms with Gasteiger partial charge in [-0.2, -0.15) is 5.10 Å². The first-order valence-electron chi connectivity index (χ1n) is 4.50. The van der Waals surface area contributed by atoms with Crippen LogP contribution >= 0.6 is 0 Å². The Bertz CT molecular complexity index is 259. The zero-order chi connectivity index (χ0) is 9.84. The standard InChI is InChI=1S/C9H17N3O/c1-4-12-8(5-6-11-12)9(10)7(2)13-3/h5-7,9H,4,10H2,1-3H3. The van der Waals surface area contributed by atoms with E-state index in [1.807, 2.05) is 24.6 Å². The third-order valence-corrected chi connectivity index (χ3v) is 2.27. The Morgan fingerprint density at radius 1 is 1.69 bits per heavy atom. The van der Waals surface area contributed by atoms with Crippen molar-refractivity contribution in [2.24, 2.45) is 5.73 Å². The second-order valence-corrected chi connectivity index (χ2v) is 3.04. The van der Waals surface area contributed by atoms with Crippen molar-refractivity contribution in [1.29, 1.82) is 0 Å². The fourth-order valence-corrected chi connectivity index (χ4v) is 1.28. The van der Waals surface area contributed by atoms with Crippen molar-refractivity contribution in [3.05, 3.63) is 18.0 Å². The van der Waals surface area contributed by atoms with Crippen molar-refractivity contribution in [3.63, 3.8) is 0 Å². The summed E-state index contributed by atoms with van der Waals surface area (Å²) in [5.74, 6) is 0. The number of nitrogens with two attached hydrogens (primary N) is 1. The van der Waals surface area contributed by atoms with Crippen molar-refractivity contribution in [3.8, 4) is 0 Å². The third-order valence-electron chi connectivity index (χ3n) is 2.27. The molecule has 0 bridgehead atoms. The molecule has 0 radical (unpaired) electrons. The van der Waals surface area contributed by atoms with Crippen molar-refractivity contribution in [2.75, 3.05) is 7.11 Å². The van der Waals surface area contributed by atoms with Gasteiger partial charge in [0.25, 0.3) is 0 Å². The maximum Gasteiger partial charge on any atom is 0.0751 e. The van der Waals surface area contributed by atoms with E-state index in [2.05, 4.69) is 5.10 Å². The molecule has 0 aliphatic carbocycles. The number of methoxy groups -OCH3 is 1. The summed E-state index contributed by atoms with van der Waals surface area (Å²) in [6.07, 6.45) is 1.78. The highest BCUT2D eigenvalue weighted by Crippen LogP contribution is 2.15. The highest BCUT2D eigenvalue weighted by molar-refractivity contribution is 5.07. The maximum atomic E-state index is 5.98. The summed E-state index contributed by atoms with van der Waals surface area (Å²) in [5.41, 5.74) is 7.01. The van der Waals surface area contributed by atoms with E-state index in [0.29, 0.717) is 0 Å². The molecule has 1 aromatic heterocycles. The predicted molar refractivity (Wildman–Crippen MR) is 51.3 cm³/mol. The van der Waals surface area contributed by atoms with Crippen molar-refractivity contribution < 1.29 is 4.74 Å². The first kappa shape index (κ1) is 10.2. The third kappa shape index (κ3) is 2.08. The number of hydrogen-bond acceptors (Lipinski definition) is 3. The zero-order valence-corrected chi connectivity index (χ0v) is 8.40. The molecule has 0 saturated heterocycles. The summed E-state index contributed by atoms with van der Waals surface area (Å²) >= 11 is 0. The Morgan fingerprint density at radius 3 is 2.92 bits per heavy atom. The molecule has 0 fully saturated rings. The summed E-state index contributed by atoms with van der Waals surface area (Å²) in [6, 6.07) is 1.83. The lowest BCUT2D eigenvalue weighted by Gasteiger charge is -2.19. The molecular weight excluding hydrogens is 166 g/mol. The van der Waals surface area contributed by atoms with Gasteiger partial charge in [-0.3, -0.25) is 4.68 Å². The second-order valence-electron chi connectivity index (χ2n) is 3.04. The predicted octanol–water partition coefficient (Wildman–Crippen LogP) is 0.938. The summed E-state index contributed by atoms with van der Waals surface area (Å²) in [7, 11) is 1.66. The molecule has 1 heterocycles. The molecular formula is C9H17N3O. The molecule has 4 heteroatoms. The molecule has 0 aliphatic heterocycles. The normalized spacial score (nSPS) is 15.7. The largest absolute Gasteiger partial charge is 0.380 e. The Balaban J connectivity index is 2.81. The molecule has 2 atom stereocenters. The molecule has 0 spiro atoms. The summed E-state index contributed by atoms with van der Waals surface area (Å²) in [5, 5.41) is 4.15. The summed E-state index contributed by atoms with van der Waals surface area (Å²) in [4.78, 5) is 0. The quantitative estimate of drug-likeness (QED) is 0.755. The molecule has 1 aromatic rings. The van der Waals surface area contributed by atoms with Crippen molar-refractivity contribution in [1.82, 2.24) is 9.78 Å². The maximum absolute atomic E-state index is 5.98. The van der Waals surface area contributed by atoms with Crippen LogP contribution in [-0.4, -0.2) is 23.0 Å².